The zero-order valence-corrected chi connectivity index (χ0v) is 14.7. The molecule has 2 heterocycles. The Hall–Kier alpha value is -2.51. The topological polar surface area (TPSA) is 79.6 Å². The van der Waals surface area contributed by atoms with E-state index < -0.39 is 17.1 Å². The van der Waals surface area contributed by atoms with Gasteiger partial charge in [0, 0.05) is 16.8 Å². The largest absolute Gasteiger partial charge is 0.465 e. The van der Waals surface area contributed by atoms with Gasteiger partial charge in [0.15, 0.2) is 0 Å². The van der Waals surface area contributed by atoms with E-state index in [1.807, 2.05) is 6.92 Å². The van der Waals surface area contributed by atoms with E-state index in [1.54, 1.807) is 30.3 Å². The summed E-state index contributed by atoms with van der Waals surface area (Å²) in [5, 5.41) is 2.64. The monoisotopic (exact) mass is 376 g/mol. The molecular weight excluding hydrogens is 364 g/mol. The molecule has 0 unspecified atom stereocenters. The highest BCUT2D eigenvalue weighted by Crippen LogP contribution is 2.32. The highest BCUT2D eigenvalue weighted by Gasteiger charge is 2.36. The zero-order valence-electron chi connectivity index (χ0n) is 13.1. The lowest BCUT2D eigenvalue weighted by Gasteiger charge is -2.13. The number of nitrogens with one attached hydrogen (secondary N) is 1. The van der Waals surface area contributed by atoms with Crippen LogP contribution >= 0.6 is 23.4 Å². The Morgan fingerprint density at radius 1 is 1.36 bits per heavy atom. The third kappa shape index (κ3) is 3.94. The minimum Gasteiger partial charge on any atom is -0.465 e. The molecule has 0 saturated carbocycles. The number of nitrogens with zero attached hydrogens (tertiary/aromatic N) is 1. The highest BCUT2D eigenvalue weighted by atomic mass is 35.5. The van der Waals surface area contributed by atoms with Crippen LogP contribution in [0.25, 0.3) is 6.08 Å². The van der Waals surface area contributed by atoms with Crippen molar-refractivity contribution in [2.75, 3.05) is 11.9 Å². The van der Waals surface area contributed by atoms with Crippen molar-refractivity contribution >= 4 is 52.2 Å². The number of halogens is 1. The van der Waals surface area contributed by atoms with Crippen LogP contribution in [0.5, 0.6) is 0 Å². The van der Waals surface area contributed by atoms with Crippen molar-refractivity contribution in [1.29, 1.82) is 0 Å². The minimum atomic E-state index is -0.524. The quantitative estimate of drug-likeness (QED) is 0.818. The van der Waals surface area contributed by atoms with E-state index in [0.29, 0.717) is 16.5 Å². The van der Waals surface area contributed by atoms with Gasteiger partial charge in [-0.25, -0.2) is 0 Å². The third-order valence-electron chi connectivity index (χ3n) is 3.47. The predicted octanol–water partition coefficient (Wildman–Crippen LogP) is 3.92. The number of hydrogen-bond donors (Lipinski definition) is 1. The summed E-state index contributed by atoms with van der Waals surface area (Å²) in [4.78, 5) is 37.7. The summed E-state index contributed by atoms with van der Waals surface area (Å²) in [5.74, 6) is -0.541. The lowest BCUT2D eigenvalue weighted by Crippen LogP contribution is -2.36. The summed E-state index contributed by atoms with van der Waals surface area (Å²) >= 11 is 6.69. The predicted molar refractivity (Wildman–Crippen MR) is 96.2 cm³/mol. The number of benzene rings is 1. The lowest BCUT2D eigenvalue weighted by atomic mass is 10.2. The molecule has 6 nitrogen and oxygen atoms in total. The highest BCUT2D eigenvalue weighted by molar-refractivity contribution is 8.18. The van der Waals surface area contributed by atoms with Crippen molar-refractivity contribution in [2.45, 2.75) is 6.92 Å². The fraction of sp³-hybridized carbons (Fsp3) is 0.118. The van der Waals surface area contributed by atoms with Crippen LogP contribution in [0, 0.1) is 6.92 Å². The van der Waals surface area contributed by atoms with Gasteiger partial charge in [-0.2, -0.15) is 0 Å². The van der Waals surface area contributed by atoms with E-state index in [-0.39, 0.29) is 11.4 Å². The van der Waals surface area contributed by atoms with Crippen molar-refractivity contribution in [3.8, 4) is 0 Å². The summed E-state index contributed by atoms with van der Waals surface area (Å²) in [5.41, 5.74) is 1.36. The van der Waals surface area contributed by atoms with Crippen LogP contribution in [0.1, 0.15) is 11.3 Å². The maximum absolute atomic E-state index is 12.3. The van der Waals surface area contributed by atoms with Gasteiger partial charge in [-0.1, -0.05) is 17.7 Å². The van der Waals surface area contributed by atoms with E-state index >= 15 is 0 Å². The maximum Gasteiger partial charge on any atom is 0.294 e. The van der Waals surface area contributed by atoms with Crippen LogP contribution in [0.15, 0.2) is 45.9 Å². The summed E-state index contributed by atoms with van der Waals surface area (Å²) in [7, 11) is 0. The fourth-order valence-electron chi connectivity index (χ4n) is 2.20. The molecule has 0 aliphatic carbocycles. The van der Waals surface area contributed by atoms with Gasteiger partial charge >= 0.3 is 0 Å². The van der Waals surface area contributed by atoms with E-state index in [1.165, 1.54) is 12.3 Å². The van der Waals surface area contributed by atoms with Crippen LogP contribution < -0.4 is 5.32 Å². The van der Waals surface area contributed by atoms with E-state index in [2.05, 4.69) is 5.32 Å². The fourth-order valence-corrected chi connectivity index (χ4v) is 3.19. The molecular formula is C17H13ClN2O4S. The molecule has 1 aromatic carbocycles. The number of thioether (sulfide) groups is 1. The van der Waals surface area contributed by atoms with Crippen molar-refractivity contribution in [3.63, 3.8) is 0 Å². The van der Waals surface area contributed by atoms with Crippen LogP contribution in [0.2, 0.25) is 5.02 Å². The molecule has 0 atom stereocenters. The zero-order chi connectivity index (χ0) is 18.0. The first-order chi connectivity index (χ1) is 11.9. The second-order valence-electron chi connectivity index (χ2n) is 5.29. The van der Waals surface area contributed by atoms with Crippen molar-refractivity contribution in [2.24, 2.45) is 0 Å². The number of aryl methyl sites for hydroxylation is 1. The number of anilines is 1. The molecule has 0 radical (unpaired) electrons. The number of hydrogen-bond acceptors (Lipinski definition) is 5. The summed E-state index contributed by atoms with van der Waals surface area (Å²) in [6.07, 6.45) is 2.95. The third-order valence-corrected chi connectivity index (χ3v) is 4.61. The van der Waals surface area contributed by atoms with E-state index in [9.17, 15) is 14.4 Å². The van der Waals surface area contributed by atoms with Crippen molar-refractivity contribution in [1.82, 2.24) is 4.90 Å². The van der Waals surface area contributed by atoms with Gasteiger partial charge in [-0.05, 0) is 48.5 Å². The number of carbonyl (C=O) groups excluding carboxylic acids is 3. The summed E-state index contributed by atoms with van der Waals surface area (Å²) in [6.45, 7) is 1.45. The van der Waals surface area contributed by atoms with Gasteiger partial charge in [0.05, 0.1) is 11.2 Å². The molecule has 0 bridgehead atoms. The molecule has 1 aliphatic heterocycles. The number of carbonyl (C=O) groups is 3. The van der Waals surface area contributed by atoms with Crippen molar-refractivity contribution < 1.29 is 18.8 Å². The van der Waals surface area contributed by atoms with Crippen molar-refractivity contribution in [3.05, 3.63) is 57.8 Å². The van der Waals surface area contributed by atoms with E-state index in [0.717, 1.165) is 22.2 Å². The van der Waals surface area contributed by atoms with Gasteiger partial charge < -0.3 is 9.73 Å². The van der Waals surface area contributed by atoms with Crippen LogP contribution in [0.4, 0.5) is 10.5 Å². The molecule has 2 aromatic rings. The van der Waals surface area contributed by atoms with E-state index in [4.69, 9.17) is 16.0 Å². The van der Waals surface area contributed by atoms with Crippen LogP contribution in [0.3, 0.4) is 0 Å². The molecule has 1 aliphatic rings. The second kappa shape index (κ2) is 7.16. The molecule has 1 N–H and O–H groups in total. The second-order valence-corrected chi connectivity index (χ2v) is 6.72. The molecule has 1 fully saturated rings. The number of rotatable bonds is 4. The number of furan rings is 1. The molecule has 3 rings (SSSR count). The van der Waals surface area contributed by atoms with Gasteiger partial charge in [-0.3, -0.25) is 19.3 Å². The molecule has 0 spiro atoms. The Bertz CT molecular complexity index is 877. The maximum atomic E-state index is 12.3. The Labute approximate surface area is 152 Å². The Kier molecular flexibility index (Phi) is 4.96. The summed E-state index contributed by atoms with van der Waals surface area (Å²) in [6, 6.07) is 8.44. The molecule has 1 saturated heterocycles. The average molecular weight is 377 g/mol. The van der Waals surface area contributed by atoms with Crippen LogP contribution in [-0.2, 0) is 9.59 Å². The Balaban J connectivity index is 1.70. The first kappa shape index (κ1) is 17.3. The Morgan fingerprint density at radius 2 is 2.16 bits per heavy atom. The normalized spacial score (nSPS) is 15.9. The SMILES string of the molecule is Cc1ccc(Cl)cc1NC(=O)CN1C(=O)S/C(=C/c2ccco2)C1=O. The number of amides is 3. The van der Waals surface area contributed by atoms with Crippen LogP contribution in [-0.4, -0.2) is 28.5 Å². The molecule has 1 aromatic heterocycles. The van der Waals surface area contributed by atoms with Gasteiger partial charge in [-0.15, -0.1) is 0 Å². The standard InChI is InChI=1S/C17H13ClN2O4S/c1-10-4-5-11(18)7-13(10)19-15(21)9-20-16(22)14(25-17(20)23)8-12-3-2-6-24-12/h2-8H,9H2,1H3,(H,19,21)/b14-8+. The summed E-state index contributed by atoms with van der Waals surface area (Å²) < 4.78 is 5.14. The van der Waals surface area contributed by atoms with Gasteiger partial charge in [0.2, 0.25) is 5.91 Å². The van der Waals surface area contributed by atoms with Gasteiger partial charge in [0.25, 0.3) is 11.1 Å². The molecule has 3 amide bonds. The Morgan fingerprint density at radius 3 is 2.88 bits per heavy atom. The first-order valence-corrected chi connectivity index (χ1v) is 8.48. The molecule has 8 heteroatoms. The number of imide groups is 1. The van der Waals surface area contributed by atoms with Gasteiger partial charge in [0.1, 0.15) is 12.3 Å². The lowest BCUT2D eigenvalue weighted by molar-refractivity contribution is -0.127. The minimum absolute atomic E-state index is 0.215. The molecule has 128 valence electrons. The smallest absolute Gasteiger partial charge is 0.294 e. The first-order valence-electron chi connectivity index (χ1n) is 7.29. The molecule has 25 heavy (non-hydrogen) atoms. The average Bonchev–Trinajstić information content (AvgIpc) is 3.15.